The smallest absolute Gasteiger partial charge is 0.201 e. The van der Waals surface area contributed by atoms with Crippen LogP contribution in [0.2, 0.25) is 10.0 Å². The highest BCUT2D eigenvalue weighted by Gasteiger charge is 2.68. The lowest BCUT2D eigenvalue weighted by atomic mass is 9.78. The largest absolute Gasteiger partial charge is 0.292 e. The van der Waals surface area contributed by atoms with E-state index in [4.69, 9.17) is 23.2 Å². The Labute approximate surface area is 187 Å². The van der Waals surface area contributed by atoms with Gasteiger partial charge in [-0.15, -0.1) is 0 Å². The summed E-state index contributed by atoms with van der Waals surface area (Å²) in [6.45, 7) is 0. The van der Waals surface area contributed by atoms with Crippen molar-refractivity contribution in [3.05, 3.63) is 92.8 Å². The van der Waals surface area contributed by atoms with Crippen LogP contribution in [-0.2, 0) is 21.6 Å². The number of carbonyl (C=O) groups is 2. The van der Waals surface area contributed by atoms with Crippen LogP contribution in [0.3, 0.4) is 0 Å². The van der Waals surface area contributed by atoms with E-state index in [0.717, 1.165) is 0 Å². The minimum absolute atomic E-state index is 0.158. The first-order chi connectivity index (χ1) is 14.3. The van der Waals surface area contributed by atoms with Crippen LogP contribution < -0.4 is 0 Å². The van der Waals surface area contributed by atoms with E-state index in [9.17, 15) is 18.0 Å². The second-order valence-corrected chi connectivity index (χ2v) is 11.7. The molecular weight excluding hydrogens is 463 g/mol. The lowest BCUT2D eigenvalue weighted by Crippen LogP contribution is -2.44. The first kappa shape index (κ1) is 20.1. The van der Waals surface area contributed by atoms with E-state index in [-0.39, 0.29) is 16.5 Å². The molecule has 3 unspecified atom stereocenters. The number of rotatable bonds is 4. The van der Waals surface area contributed by atoms with E-state index < -0.39 is 42.8 Å². The number of hydrogen-bond donors (Lipinski definition) is 0. The summed E-state index contributed by atoms with van der Waals surface area (Å²) in [4.78, 5) is 26.6. The molecule has 4 nitrogen and oxygen atoms in total. The maximum Gasteiger partial charge on any atom is 0.201 e. The number of ketones is 2. The molecular formula is C22H14Cl2O4S2. The first-order valence-electron chi connectivity index (χ1n) is 9.17. The Hall–Kier alpha value is -1.86. The maximum atomic E-state index is 13.5. The van der Waals surface area contributed by atoms with Crippen molar-refractivity contribution < 1.29 is 18.0 Å². The van der Waals surface area contributed by atoms with Crippen LogP contribution >= 0.6 is 23.2 Å². The van der Waals surface area contributed by atoms with Gasteiger partial charge < -0.3 is 0 Å². The quantitative estimate of drug-likeness (QED) is 0.491. The molecule has 1 saturated heterocycles. The van der Waals surface area contributed by atoms with Crippen molar-refractivity contribution in [1.82, 2.24) is 0 Å². The molecule has 0 amide bonds. The molecule has 0 aromatic heterocycles. The zero-order valence-electron chi connectivity index (χ0n) is 15.3. The lowest BCUT2D eigenvalue weighted by Gasteiger charge is -2.27. The Morgan fingerprint density at radius 2 is 1.43 bits per heavy atom. The van der Waals surface area contributed by atoms with Gasteiger partial charge in [0.1, 0.15) is 4.75 Å². The maximum absolute atomic E-state index is 13.5. The van der Waals surface area contributed by atoms with Crippen LogP contribution in [0, 0.1) is 5.92 Å². The van der Waals surface area contributed by atoms with Crippen molar-refractivity contribution >= 4 is 56.4 Å². The highest BCUT2D eigenvalue weighted by atomic mass is 35.5. The zero-order chi connectivity index (χ0) is 21.2. The summed E-state index contributed by atoms with van der Waals surface area (Å²) in [6, 6.07) is 12.8. The average molecular weight is 477 g/mol. The summed E-state index contributed by atoms with van der Waals surface area (Å²) < 4.78 is 25.2. The van der Waals surface area contributed by atoms with Crippen LogP contribution in [0.4, 0.5) is 0 Å². The third-order valence-electron chi connectivity index (χ3n) is 5.87. The number of halogens is 2. The predicted molar refractivity (Wildman–Crippen MR) is 119 cm³/mol. The second kappa shape index (κ2) is 7.09. The molecule has 30 heavy (non-hydrogen) atoms. The second-order valence-electron chi connectivity index (χ2n) is 7.41. The van der Waals surface area contributed by atoms with Gasteiger partial charge in [-0.05, 0) is 48.5 Å². The van der Waals surface area contributed by atoms with E-state index in [0.29, 0.717) is 21.2 Å². The van der Waals surface area contributed by atoms with Gasteiger partial charge in [-0.2, -0.15) is 0 Å². The third kappa shape index (κ3) is 2.71. The predicted octanol–water partition coefficient (Wildman–Crippen LogP) is 4.13. The molecule has 5 rings (SSSR count). The number of fused-ring (bicyclic) bond motifs is 5. The van der Waals surface area contributed by atoms with Crippen molar-refractivity contribution in [1.29, 1.82) is 0 Å². The molecule has 0 spiro atoms. The van der Waals surface area contributed by atoms with Gasteiger partial charge in [-0.1, -0.05) is 41.4 Å². The molecule has 2 bridgehead atoms. The Bertz CT molecular complexity index is 1200. The van der Waals surface area contributed by atoms with Crippen LogP contribution in [0.5, 0.6) is 0 Å². The Morgan fingerprint density at radius 1 is 0.867 bits per heavy atom. The average Bonchev–Trinajstić information content (AvgIpc) is 3.34. The summed E-state index contributed by atoms with van der Waals surface area (Å²) in [5.41, 5.74) is 0.758. The number of benzene rings is 2. The van der Waals surface area contributed by atoms with E-state index in [2.05, 4.69) is 0 Å². The lowest BCUT2D eigenvalue weighted by molar-refractivity contribution is 0.0944. The van der Waals surface area contributed by atoms with Gasteiger partial charge >= 0.3 is 0 Å². The van der Waals surface area contributed by atoms with Gasteiger partial charge in [0.25, 0.3) is 0 Å². The Kier molecular flexibility index (Phi) is 4.74. The van der Waals surface area contributed by atoms with E-state index in [1.165, 1.54) is 0 Å². The van der Waals surface area contributed by atoms with Crippen molar-refractivity contribution in [2.24, 2.45) is 5.92 Å². The Morgan fingerprint density at radius 3 is 2.03 bits per heavy atom. The van der Waals surface area contributed by atoms with Crippen LogP contribution in [-0.4, -0.2) is 35.2 Å². The number of hydrogen-bond acceptors (Lipinski definition) is 4. The zero-order valence-corrected chi connectivity index (χ0v) is 18.4. The molecule has 152 valence electrons. The van der Waals surface area contributed by atoms with Crippen LogP contribution in [0.25, 0.3) is 0 Å². The van der Waals surface area contributed by atoms with Gasteiger partial charge in [0.2, 0.25) is 5.78 Å². The molecule has 3 heterocycles. The summed E-state index contributed by atoms with van der Waals surface area (Å²) in [5.74, 6) is -1.24. The normalized spacial score (nSPS) is 33.4. The molecule has 3 aliphatic rings. The molecule has 6 atom stereocenters. The highest BCUT2D eigenvalue weighted by molar-refractivity contribution is 7.95. The van der Waals surface area contributed by atoms with Gasteiger partial charge in [0.15, 0.2) is 5.78 Å². The molecule has 8 heteroatoms. The van der Waals surface area contributed by atoms with Crippen LogP contribution in [0.15, 0.2) is 71.7 Å². The number of Topliss-reactive ketones (excluding diaryl/α,β-unsaturated/α-hetero) is 2. The van der Waals surface area contributed by atoms with Gasteiger partial charge in [-0.3, -0.25) is 18.0 Å². The molecule has 1 fully saturated rings. The number of allylic oxidation sites excluding steroid dienone is 2. The van der Waals surface area contributed by atoms with E-state index >= 15 is 0 Å². The summed E-state index contributed by atoms with van der Waals surface area (Å²) >= 11 is 11.8. The molecule has 2 aromatic carbocycles. The van der Waals surface area contributed by atoms with Crippen molar-refractivity contribution in [2.75, 3.05) is 0 Å². The van der Waals surface area contributed by atoms with Crippen molar-refractivity contribution in [3.8, 4) is 0 Å². The van der Waals surface area contributed by atoms with Gasteiger partial charge in [-0.25, -0.2) is 0 Å². The Balaban J connectivity index is 1.57. The first-order valence-corrected chi connectivity index (χ1v) is 12.4. The van der Waals surface area contributed by atoms with Crippen molar-refractivity contribution in [2.45, 2.75) is 15.2 Å². The molecule has 2 aromatic rings. The fourth-order valence-corrected chi connectivity index (χ4v) is 9.23. The molecule has 0 saturated carbocycles. The number of carbonyl (C=O) groups excluding carboxylic acids is 2. The highest BCUT2D eigenvalue weighted by Crippen LogP contribution is 2.54. The molecule has 0 radical (unpaired) electrons. The fraction of sp³-hybridized carbons (Fsp3) is 0.182. The SMILES string of the molecule is O=C(C1=CC2[C@H]([C@@H]3C=C[C@@]2(C(=O)c2ccc(Cl)cc2)S3=O)S1=O)c1ccc(Cl)cc1. The van der Waals surface area contributed by atoms with Gasteiger partial charge in [0, 0.05) is 37.9 Å². The van der Waals surface area contributed by atoms with E-state index in [1.54, 1.807) is 66.8 Å². The fourth-order valence-electron chi connectivity index (χ4n) is 4.43. The summed E-state index contributed by atoms with van der Waals surface area (Å²) in [5, 5.41) is -0.0979. The standard InChI is InChI=1S/C22H14Cl2O4S2/c23-14-5-1-12(2-6-14)19(25)18-11-16-20(29(18)27)17-9-10-22(16,30(17)28)21(26)13-3-7-15(24)8-4-13/h1-11,16-17,20H/t16?,17-,20+,22+,29?,30?/m0/s1. The minimum Gasteiger partial charge on any atom is -0.292 e. The van der Waals surface area contributed by atoms with E-state index in [1.807, 2.05) is 0 Å². The van der Waals surface area contributed by atoms with Crippen molar-refractivity contribution in [3.63, 3.8) is 0 Å². The topological polar surface area (TPSA) is 68.3 Å². The minimum atomic E-state index is -1.66. The summed E-state index contributed by atoms with van der Waals surface area (Å²) in [6.07, 6.45) is 4.99. The monoisotopic (exact) mass is 476 g/mol. The third-order valence-corrected chi connectivity index (χ3v) is 10.6. The molecule has 0 N–H and O–H groups in total. The van der Waals surface area contributed by atoms with Crippen LogP contribution in [0.1, 0.15) is 20.7 Å². The molecule has 3 aliphatic heterocycles. The van der Waals surface area contributed by atoms with Gasteiger partial charge in [0.05, 0.1) is 26.2 Å². The molecule has 0 aliphatic carbocycles. The summed E-state index contributed by atoms with van der Waals surface area (Å²) in [7, 11) is -3.22.